The van der Waals surface area contributed by atoms with Crippen molar-refractivity contribution in [2.24, 2.45) is 0 Å². The second kappa shape index (κ2) is 22.3. The van der Waals surface area contributed by atoms with Crippen molar-refractivity contribution < 1.29 is 59.7 Å². The van der Waals surface area contributed by atoms with E-state index in [1.165, 1.54) is 35.3 Å². The number of H-pyrrole nitrogens is 1. The van der Waals surface area contributed by atoms with Gasteiger partial charge in [0.05, 0.1) is 49.4 Å². The van der Waals surface area contributed by atoms with Crippen LogP contribution in [0.3, 0.4) is 0 Å². The number of alkyl halides is 2. The van der Waals surface area contributed by atoms with Crippen LogP contribution >= 0.6 is 25.7 Å². The molecule has 5 N–H and O–H groups in total. The summed E-state index contributed by atoms with van der Waals surface area (Å²) in [6.45, 7) is -4.62. The van der Waals surface area contributed by atoms with Gasteiger partial charge in [-0.2, -0.15) is 4.98 Å². The summed E-state index contributed by atoms with van der Waals surface area (Å²) in [7, 11) is -1.11. The van der Waals surface area contributed by atoms with Gasteiger partial charge in [-0.15, -0.1) is 5.10 Å². The zero-order valence-electron chi connectivity index (χ0n) is 44.5. The number of aromatic nitrogens is 10. The summed E-state index contributed by atoms with van der Waals surface area (Å²) in [5.41, 5.74) is 18.3. The van der Waals surface area contributed by atoms with Crippen LogP contribution in [0.5, 0.6) is 11.5 Å². The van der Waals surface area contributed by atoms with E-state index in [0.717, 1.165) is 52.2 Å². The number of nitrogen functional groups attached to an aromatic ring is 2. The molecule has 0 unspecified atom stereocenters. The van der Waals surface area contributed by atoms with Gasteiger partial charge in [0.15, 0.2) is 41.6 Å². The van der Waals surface area contributed by atoms with Gasteiger partial charge in [0, 0.05) is 42.4 Å². The minimum atomic E-state index is -4.61. The highest BCUT2D eigenvalue weighted by atomic mass is 32.7. The number of aromatic amines is 1. The minimum absolute atomic E-state index is 0.0813. The van der Waals surface area contributed by atoms with Crippen LogP contribution in [0.1, 0.15) is 33.9 Å². The first kappa shape index (κ1) is 55.4. The third-order valence-corrected chi connectivity index (χ3v) is 19.5. The second-order valence-electron chi connectivity index (χ2n) is 20.2. The predicted octanol–water partition coefficient (Wildman–Crippen LogP) is 6.97. The summed E-state index contributed by atoms with van der Waals surface area (Å²) in [6, 6.07) is 30.7. The van der Waals surface area contributed by atoms with Gasteiger partial charge in [-0.3, -0.25) is 32.5 Å². The van der Waals surface area contributed by atoms with Crippen LogP contribution in [0.15, 0.2) is 127 Å². The molecular formula is C53H50BF2N13O12P2S. The van der Waals surface area contributed by atoms with Crippen molar-refractivity contribution in [3.63, 3.8) is 0 Å². The number of nitrogens with one attached hydrogen (secondary N) is 1. The highest BCUT2D eigenvalue weighted by Gasteiger charge is 2.55. The van der Waals surface area contributed by atoms with Crippen LogP contribution < -0.4 is 31.4 Å². The van der Waals surface area contributed by atoms with Crippen LogP contribution in [-0.4, -0.2) is 126 Å². The number of esters is 1. The van der Waals surface area contributed by atoms with Gasteiger partial charge in [-0.25, -0.2) is 37.8 Å². The van der Waals surface area contributed by atoms with Gasteiger partial charge in [-0.05, 0) is 71.0 Å². The maximum absolute atomic E-state index is 17.1. The minimum Gasteiger partial charge on any atom is -0.492 e. The molecule has 31 heteroatoms. The zero-order valence-corrected chi connectivity index (χ0v) is 47.1. The van der Waals surface area contributed by atoms with Crippen LogP contribution in [0.4, 0.5) is 26.1 Å². The zero-order chi connectivity index (χ0) is 58.0. The van der Waals surface area contributed by atoms with E-state index in [1.54, 1.807) is 36.4 Å². The number of anilines is 3. The number of hydrogen-bond acceptors (Lipinski definition) is 22. The van der Waals surface area contributed by atoms with E-state index in [1.807, 2.05) is 28.9 Å². The first-order valence-corrected chi connectivity index (χ1v) is 31.4. The number of rotatable bonds is 11. The molecule has 3 fully saturated rings. The number of carbonyl (C=O) groups is 1. The first-order valence-electron chi connectivity index (χ1n) is 26.3. The number of nitrogens with zero attached hydrogens (tertiary/aromatic N) is 10. The number of benzene rings is 4. The number of nitrogens with two attached hydrogens (primary N) is 2. The Hall–Kier alpha value is -7.85. The van der Waals surface area contributed by atoms with E-state index < -0.39 is 88.2 Å². The highest BCUT2D eigenvalue weighted by Crippen LogP contribution is 2.65. The normalized spacial score (nSPS) is 26.0. The molecule has 0 radical (unpaired) electrons. The molecule has 25 nitrogen and oxygen atoms in total. The molecule has 0 bridgehead atoms. The van der Waals surface area contributed by atoms with Crippen molar-refractivity contribution in [2.75, 3.05) is 43.2 Å². The van der Waals surface area contributed by atoms with Crippen LogP contribution in [0.2, 0.25) is 0 Å². The molecule has 10 atom stereocenters. The van der Waals surface area contributed by atoms with Gasteiger partial charge in [0.2, 0.25) is 5.95 Å². The Morgan fingerprint density at radius 1 is 0.810 bits per heavy atom. The Labute approximate surface area is 480 Å². The van der Waals surface area contributed by atoms with E-state index in [-0.39, 0.29) is 57.6 Å². The predicted molar refractivity (Wildman–Crippen MR) is 305 cm³/mol. The molecule has 9 heterocycles. The molecule has 0 spiro atoms. The summed E-state index contributed by atoms with van der Waals surface area (Å²) in [5, 5.41) is 9.18. The third kappa shape index (κ3) is 10.6. The maximum atomic E-state index is 17.1. The van der Waals surface area contributed by atoms with Crippen LogP contribution in [0, 0.1) is 0 Å². The largest absolute Gasteiger partial charge is 0.492 e. The third-order valence-electron chi connectivity index (χ3n) is 14.6. The number of fused-ring (bicyclic) bond motifs is 9. The lowest BCUT2D eigenvalue weighted by Crippen LogP contribution is -2.37. The molecular weight excluding hydrogens is 1150 g/mol. The average molecular weight is 1200 g/mol. The maximum Gasteiger partial charge on any atom is 0.389 e. The lowest BCUT2D eigenvalue weighted by Gasteiger charge is -2.30. The average Bonchev–Trinajstić information content (AvgIpc) is 4.18. The number of para-hydroxylation sites is 1. The number of pyridine rings is 1. The fraction of sp³-hybridized carbons (Fsp3) is 0.283. The standard InChI is InChI=1S/C53H50BF2N13O12P2S/c1-66-22-30-6-2-3-7-33(30)41-44(34-8-4-5-9-36(34)66)69(65-64-41)20-21-74-31-16-12-29(13-17-31)52(71)77-32-14-10-28(11-15-32)25-84-83(73)76-24-38-45(39(55)51(79-38)68-27-61-43-48(68)62-53(58)63-49(43)70)80-82(54,72)75-23-37-46(81-83)40(56)50(78-37)67-26-60-42-35(57)18-19-59-47(42)67/h2-19,26-27,37-40,45-46,50-51H,20-25,54H2,1H3,(H2,57,59)(H3,58,62,63,70)/t37-,38-,39-,40-,45-,46-,50-,51-,82+,83-/m1/s1. The van der Waals surface area contributed by atoms with Gasteiger partial charge >= 0.3 is 12.8 Å². The van der Waals surface area contributed by atoms with Crippen molar-refractivity contribution in [2.45, 2.75) is 68.1 Å². The Bertz CT molecular complexity index is 4150. The summed E-state index contributed by atoms with van der Waals surface area (Å²) < 4.78 is 115. The van der Waals surface area contributed by atoms with Gasteiger partial charge in [-0.1, -0.05) is 59.8 Å². The Kier molecular flexibility index (Phi) is 14.7. The fourth-order valence-electron chi connectivity index (χ4n) is 10.6. The van der Waals surface area contributed by atoms with Crippen LogP contribution in [-0.2, 0) is 55.5 Å². The lowest BCUT2D eigenvalue weighted by atomic mass is 9.96. The Morgan fingerprint density at radius 3 is 2.24 bits per heavy atom. The molecule has 0 aliphatic carbocycles. The highest BCUT2D eigenvalue weighted by molar-refractivity contribution is 8.54. The van der Waals surface area contributed by atoms with E-state index in [2.05, 4.69) is 71.4 Å². The smallest absolute Gasteiger partial charge is 0.389 e. The molecule has 9 aromatic rings. The number of imidazole rings is 2. The molecule has 4 aliphatic rings. The molecule has 0 saturated carbocycles. The SMILES string of the molecule is B[P@]1(=O)OC[C@H]2O[C@@H](n3cnc4c(N)ccnc43)[C@H](F)[C@@H]2O[P@](=O)(SCc2ccc(OC(=O)c3ccc(OCCn4nnc5c4-c4ccccc4N(C)Cc4ccccc4-5)cc3)cc2)OC[C@H]2O[C@@H](n3cnc4c(=O)[nH]c(N)nc43)[C@H](F)[C@@H]2O1. The number of ether oxygens (including phenoxy) is 4. The second-order valence-corrected chi connectivity index (χ2v) is 26.2. The molecule has 4 aliphatic heterocycles. The molecule has 5 aromatic heterocycles. The van der Waals surface area contributed by atoms with E-state index in [4.69, 9.17) is 48.5 Å². The van der Waals surface area contributed by atoms with E-state index in [9.17, 15) is 14.2 Å². The number of hydrogen-bond donors (Lipinski definition) is 3. The summed E-state index contributed by atoms with van der Waals surface area (Å²) in [4.78, 5) is 47.3. The fourth-order valence-corrected chi connectivity index (χ4v) is 15.1. The quantitative estimate of drug-likeness (QED) is 0.0509. The molecule has 84 heavy (non-hydrogen) atoms. The monoisotopic (exact) mass is 1200 g/mol. The van der Waals surface area contributed by atoms with Crippen molar-refractivity contribution in [3.8, 4) is 34.0 Å². The molecule has 432 valence electrons. The summed E-state index contributed by atoms with van der Waals surface area (Å²) >= 11 is 0.670. The summed E-state index contributed by atoms with van der Waals surface area (Å²) in [6.07, 6.45) is -9.87. The Balaban J connectivity index is 0.694. The van der Waals surface area contributed by atoms with Crippen LogP contribution in [0.25, 0.3) is 44.8 Å². The van der Waals surface area contributed by atoms with Crippen molar-refractivity contribution in [1.82, 2.24) is 49.0 Å². The number of halogens is 2. The van der Waals surface area contributed by atoms with Crippen molar-refractivity contribution >= 4 is 78.8 Å². The molecule has 0 amide bonds. The van der Waals surface area contributed by atoms with Crippen molar-refractivity contribution in [1.29, 1.82) is 0 Å². The van der Waals surface area contributed by atoms with E-state index in [0.29, 0.717) is 35.8 Å². The van der Waals surface area contributed by atoms with Gasteiger partial charge < -0.3 is 44.4 Å². The van der Waals surface area contributed by atoms with E-state index >= 15 is 13.3 Å². The van der Waals surface area contributed by atoms with Gasteiger partial charge in [0.1, 0.15) is 53.7 Å². The number of carbonyl (C=O) groups excluding carboxylic acids is 1. The summed E-state index contributed by atoms with van der Waals surface area (Å²) in [5.74, 6) is -0.290. The molecule has 3 saturated heterocycles. The molecule has 4 aromatic carbocycles. The lowest BCUT2D eigenvalue weighted by molar-refractivity contribution is -0.0546. The Morgan fingerprint density at radius 2 is 1.48 bits per heavy atom. The van der Waals surface area contributed by atoms with Crippen molar-refractivity contribution in [3.05, 3.63) is 149 Å². The first-order chi connectivity index (χ1) is 40.6. The topological polar surface area (TPSA) is 305 Å². The van der Waals surface area contributed by atoms with Gasteiger partial charge in [0.25, 0.3) is 20.6 Å². The molecule has 13 rings (SSSR count).